The molecule has 96 valence electrons. The third kappa shape index (κ3) is 2.30. The second-order valence-electron chi connectivity index (χ2n) is 4.91. The van der Waals surface area contributed by atoms with Crippen molar-refractivity contribution in [3.8, 4) is 0 Å². The van der Waals surface area contributed by atoms with E-state index in [1.165, 1.54) is 11.1 Å². The fourth-order valence-electron chi connectivity index (χ4n) is 2.44. The number of rotatable bonds is 1. The molecule has 19 heavy (non-hydrogen) atoms. The molecule has 2 nitrogen and oxygen atoms in total. The first-order chi connectivity index (χ1) is 9.15. The first-order valence-electron chi connectivity index (χ1n) is 6.27. The minimum Gasteiger partial charge on any atom is -0.330 e. The lowest BCUT2D eigenvalue weighted by molar-refractivity contribution is 0.0750. The molecule has 0 bridgehead atoms. The Hall–Kier alpha value is -1.61. The van der Waals surface area contributed by atoms with Gasteiger partial charge in [-0.15, -0.1) is 0 Å². The minimum atomic E-state index is 0.0862. The van der Waals surface area contributed by atoms with Crippen LogP contribution in [0.4, 0.5) is 0 Å². The highest BCUT2D eigenvalue weighted by Crippen LogP contribution is 2.26. The van der Waals surface area contributed by atoms with Crippen molar-refractivity contribution in [2.24, 2.45) is 0 Å². The van der Waals surface area contributed by atoms with Gasteiger partial charge in [0.1, 0.15) is 0 Å². The van der Waals surface area contributed by atoms with E-state index in [1.54, 1.807) is 0 Å². The summed E-state index contributed by atoms with van der Waals surface area (Å²) in [6.07, 6.45) is 0. The van der Waals surface area contributed by atoms with Gasteiger partial charge >= 0.3 is 0 Å². The molecular formula is C16H14BrNO. The summed E-state index contributed by atoms with van der Waals surface area (Å²) in [5.41, 5.74) is 4.38. The minimum absolute atomic E-state index is 0.0862. The van der Waals surface area contributed by atoms with Crippen LogP contribution in [-0.2, 0) is 13.1 Å². The maximum absolute atomic E-state index is 12.5. The summed E-state index contributed by atoms with van der Waals surface area (Å²) >= 11 is 3.48. The number of benzene rings is 2. The molecular weight excluding hydrogens is 302 g/mol. The quantitative estimate of drug-likeness (QED) is 0.781. The van der Waals surface area contributed by atoms with Gasteiger partial charge in [-0.3, -0.25) is 4.79 Å². The van der Waals surface area contributed by atoms with E-state index in [2.05, 4.69) is 28.1 Å². The van der Waals surface area contributed by atoms with E-state index in [0.29, 0.717) is 13.1 Å². The van der Waals surface area contributed by atoms with Gasteiger partial charge in [-0.05, 0) is 51.7 Å². The van der Waals surface area contributed by atoms with Gasteiger partial charge in [0.05, 0.1) is 5.56 Å². The Kier molecular flexibility index (Phi) is 3.15. The number of carbonyl (C=O) groups is 1. The molecule has 3 rings (SSSR count). The van der Waals surface area contributed by atoms with Crippen molar-refractivity contribution in [3.05, 3.63) is 69.2 Å². The van der Waals surface area contributed by atoms with E-state index in [9.17, 15) is 4.79 Å². The van der Waals surface area contributed by atoms with Crippen LogP contribution in [-0.4, -0.2) is 10.8 Å². The van der Waals surface area contributed by atoms with Crippen LogP contribution in [0.1, 0.15) is 27.0 Å². The third-order valence-corrected chi connectivity index (χ3v) is 4.14. The number of amides is 1. The summed E-state index contributed by atoms with van der Waals surface area (Å²) in [7, 11) is 0. The predicted octanol–water partition coefficient (Wildman–Crippen LogP) is 3.91. The van der Waals surface area contributed by atoms with Crippen LogP contribution in [0.3, 0.4) is 0 Å². The topological polar surface area (TPSA) is 20.3 Å². The zero-order chi connectivity index (χ0) is 13.4. The standard InChI is InChI=1S/C16H14BrNO/c1-11-6-7-14(15(17)8-11)16(19)18-9-12-4-2-3-5-13(12)10-18/h2-8H,9-10H2,1H3. The second-order valence-corrected chi connectivity index (χ2v) is 5.77. The number of carbonyl (C=O) groups excluding carboxylic acids is 1. The highest BCUT2D eigenvalue weighted by molar-refractivity contribution is 9.10. The number of aryl methyl sites for hydroxylation is 1. The lowest BCUT2D eigenvalue weighted by Crippen LogP contribution is -2.25. The molecule has 0 spiro atoms. The molecule has 1 heterocycles. The Labute approximate surface area is 121 Å². The van der Waals surface area contributed by atoms with E-state index in [0.717, 1.165) is 15.6 Å². The molecule has 2 aromatic carbocycles. The van der Waals surface area contributed by atoms with Crippen LogP contribution in [0.2, 0.25) is 0 Å². The normalized spacial score (nSPS) is 13.5. The van der Waals surface area contributed by atoms with Crippen LogP contribution in [0.25, 0.3) is 0 Å². The van der Waals surface area contributed by atoms with Gasteiger partial charge in [-0.2, -0.15) is 0 Å². The lowest BCUT2D eigenvalue weighted by Gasteiger charge is -2.16. The summed E-state index contributed by atoms with van der Waals surface area (Å²) in [6, 6.07) is 14.1. The van der Waals surface area contributed by atoms with Gasteiger partial charge in [0.15, 0.2) is 0 Å². The first kappa shape index (κ1) is 12.4. The summed E-state index contributed by atoms with van der Waals surface area (Å²) in [4.78, 5) is 14.4. The van der Waals surface area contributed by atoms with Crippen LogP contribution >= 0.6 is 15.9 Å². The number of hydrogen-bond donors (Lipinski definition) is 0. The molecule has 0 saturated carbocycles. The van der Waals surface area contributed by atoms with E-state index in [4.69, 9.17) is 0 Å². The van der Waals surface area contributed by atoms with Crippen molar-refractivity contribution in [2.45, 2.75) is 20.0 Å². The Morgan fingerprint density at radius 2 is 1.74 bits per heavy atom. The van der Waals surface area contributed by atoms with Crippen molar-refractivity contribution >= 4 is 21.8 Å². The number of halogens is 1. The number of fused-ring (bicyclic) bond motifs is 1. The Bertz CT molecular complexity index is 626. The average Bonchev–Trinajstić information content (AvgIpc) is 2.81. The lowest BCUT2D eigenvalue weighted by atomic mass is 10.1. The molecule has 1 aliphatic rings. The SMILES string of the molecule is Cc1ccc(C(=O)N2Cc3ccccc3C2)c(Br)c1. The number of hydrogen-bond acceptors (Lipinski definition) is 1. The Morgan fingerprint density at radius 3 is 2.32 bits per heavy atom. The molecule has 3 heteroatoms. The molecule has 0 aromatic heterocycles. The molecule has 0 aliphatic carbocycles. The number of nitrogens with zero attached hydrogens (tertiary/aromatic N) is 1. The third-order valence-electron chi connectivity index (χ3n) is 3.48. The summed E-state index contributed by atoms with van der Waals surface area (Å²) in [5, 5.41) is 0. The fraction of sp³-hybridized carbons (Fsp3) is 0.188. The summed E-state index contributed by atoms with van der Waals surface area (Å²) < 4.78 is 0.869. The van der Waals surface area contributed by atoms with Crippen molar-refractivity contribution in [1.82, 2.24) is 4.90 Å². The average molecular weight is 316 g/mol. The van der Waals surface area contributed by atoms with Crippen molar-refractivity contribution in [2.75, 3.05) is 0 Å². The van der Waals surface area contributed by atoms with Crippen molar-refractivity contribution < 1.29 is 4.79 Å². The maximum atomic E-state index is 12.5. The molecule has 0 atom stereocenters. The van der Waals surface area contributed by atoms with E-state index >= 15 is 0 Å². The van der Waals surface area contributed by atoms with E-state index < -0.39 is 0 Å². The van der Waals surface area contributed by atoms with Gasteiger partial charge in [0, 0.05) is 17.6 Å². The molecule has 0 fully saturated rings. The van der Waals surface area contributed by atoms with Crippen LogP contribution in [0, 0.1) is 6.92 Å². The van der Waals surface area contributed by atoms with Gasteiger partial charge in [-0.25, -0.2) is 0 Å². The Morgan fingerprint density at radius 1 is 1.11 bits per heavy atom. The molecule has 2 aromatic rings. The second kappa shape index (κ2) is 4.82. The molecule has 0 unspecified atom stereocenters. The fourth-order valence-corrected chi connectivity index (χ4v) is 3.10. The van der Waals surface area contributed by atoms with Gasteiger partial charge in [0.25, 0.3) is 5.91 Å². The van der Waals surface area contributed by atoms with Crippen molar-refractivity contribution in [1.29, 1.82) is 0 Å². The van der Waals surface area contributed by atoms with Crippen LogP contribution in [0.15, 0.2) is 46.9 Å². The molecule has 0 saturated heterocycles. The maximum Gasteiger partial charge on any atom is 0.255 e. The van der Waals surface area contributed by atoms with Crippen LogP contribution in [0.5, 0.6) is 0 Å². The Balaban J connectivity index is 1.87. The summed E-state index contributed by atoms with van der Waals surface area (Å²) in [5.74, 6) is 0.0862. The highest BCUT2D eigenvalue weighted by atomic mass is 79.9. The summed E-state index contributed by atoms with van der Waals surface area (Å²) in [6.45, 7) is 3.43. The van der Waals surface area contributed by atoms with E-state index in [-0.39, 0.29) is 5.91 Å². The molecule has 0 radical (unpaired) electrons. The first-order valence-corrected chi connectivity index (χ1v) is 7.06. The van der Waals surface area contributed by atoms with Gasteiger partial charge in [0.2, 0.25) is 0 Å². The smallest absolute Gasteiger partial charge is 0.255 e. The van der Waals surface area contributed by atoms with E-state index in [1.807, 2.05) is 42.2 Å². The zero-order valence-corrected chi connectivity index (χ0v) is 12.3. The molecule has 1 amide bonds. The monoisotopic (exact) mass is 315 g/mol. The van der Waals surface area contributed by atoms with Gasteiger partial charge in [-0.1, -0.05) is 30.3 Å². The predicted molar refractivity (Wildman–Crippen MR) is 78.9 cm³/mol. The van der Waals surface area contributed by atoms with Crippen LogP contribution < -0.4 is 0 Å². The molecule has 0 N–H and O–H groups in total. The molecule has 1 aliphatic heterocycles. The van der Waals surface area contributed by atoms with Crippen molar-refractivity contribution in [3.63, 3.8) is 0 Å². The largest absolute Gasteiger partial charge is 0.330 e. The zero-order valence-electron chi connectivity index (χ0n) is 10.7. The highest BCUT2D eigenvalue weighted by Gasteiger charge is 2.24. The van der Waals surface area contributed by atoms with Gasteiger partial charge < -0.3 is 4.90 Å².